The van der Waals surface area contributed by atoms with Crippen molar-refractivity contribution in [3.05, 3.63) is 0 Å². The number of alkyl halides is 5. The molecule has 2 N–H and O–H groups in total. The summed E-state index contributed by atoms with van der Waals surface area (Å²) in [6, 6.07) is 0. The van der Waals surface area contributed by atoms with E-state index in [9.17, 15) is 22.0 Å². The summed E-state index contributed by atoms with van der Waals surface area (Å²) in [7, 11) is 0. The van der Waals surface area contributed by atoms with Crippen LogP contribution in [0.1, 0.15) is 0 Å². The predicted octanol–water partition coefficient (Wildman–Crippen LogP) is 1.09. The average molecular weight is 250 g/mol. The maximum Gasteiger partial charge on any atom is 0.411 e. The molecule has 16 heavy (non-hydrogen) atoms. The number of nitrogens with two attached hydrogens (primary N) is 1. The summed E-state index contributed by atoms with van der Waals surface area (Å²) >= 11 is 0. The minimum atomic E-state index is -4.39. The molecule has 0 atom stereocenters. The highest BCUT2D eigenvalue weighted by molar-refractivity contribution is 4.59. The van der Waals surface area contributed by atoms with Gasteiger partial charge >= 0.3 is 6.18 Å². The van der Waals surface area contributed by atoms with E-state index < -0.39 is 25.8 Å². The van der Waals surface area contributed by atoms with E-state index in [0.717, 1.165) is 0 Å². The smallest absolute Gasteiger partial charge is 0.371 e. The third kappa shape index (κ3) is 10.1. The van der Waals surface area contributed by atoms with Gasteiger partial charge in [0.2, 0.25) is 0 Å². The molecule has 3 nitrogen and oxygen atoms in total. The molecule has 0 aromatic carbocycles. The van der Waals surface area contributed by atoms with Crippen LogP contribution in [0, 0.1) is 0 Å². The molecule has 0 aliphatic rings. The van der Waals surface area contributed by atoms with Crippen molar-refractivity contribution in [2.45, 2.75) is 12.6 Å². The van der Waals surface area contributed by atoms with E-state index in [-0.39, 0.29) is 26.2 Å². The fraction of sp³-hybridized carbons (Fsp3) is 1.00. The molecule has 0 rings (SSSR count). The van der Waals surface area contributed by atoms with Gasteiger partial charge in [-0.25, -0.2) is 8.78 Å². The van der Waals surface area contributed by atoms with Crippen molar-refractivity contribution in [2.24, 2.45) is 5.73 Å². The Morgan fingerprint density at radius 2 is 1.81 bits per heavy atom. The van der Waals surface area contributed by atoms with Gasteiger partial charge in [0.1, 0.15) is 6.61 Å². The van der Waals surface area contributed by atoms with Gasteiger partial charge in [0.15, 0.2) is 0 Å². The first-order valence-corrected chi connectivity index (χ1v) is 4.70. The SMILES string of the molecule is NCCN(CCOCC(F)(F)F)CC(F)F. The zero-order chi connectivity index (χ0) is 12.6. The molecular weight excluding hydrogens is 235 g/mol. The maximum absolute atomic E-state index is 12.0. The van der Waals surface area contributed by atoms with E-state index >= 15 is 0 Å². The lowest BCUT2D eigenvalue weighted by molar-refractivity contribution is -0.174. The van der Waals surface area contributed by atoms with Crippen LogP contribution in [-0.2, 0) is 4.74 Å². The number of ether oxygens (including phenoxy) is 1. The Balaban J connectivity index is 3.67. The second-order valence-electron chi connectivity index (χ2n) is 3.15. The zero-order valence-corrected chi connectivity index (χ0v) is 8.64. The quantitative estimate of drug-likeness (QED) is 0.517. The van der Waals surface area contributed by atoms with Crippen molar-refractivity contribution in [1.29, 1.82) is 0 Å². The average Bonchev–Trinajstić information content (AvgIpc) is 2.10. The van der Waals surface area contributed by atoms with E-state index in [1.807, 2.05) is 0 Å². The van der Waals surface area contributed by atoms with Crippen LogP contribution in [0.5, 0.6) is 0 Å². The zero-order valence-electron chi connectivity index (χ0n) is 8.64. The standard InChI is InChI=1S/C8H15F5N2O/c9-7(10)5-15(2-1-14)3-4-16-6-8(11,12)13/h7H,1-6,14H2. The maximum atomic E-state index is 12.0. The highest BCUT2D eigenvalue weighted by atomic mass is 19.4. The topological polar surface area (TPSA) is 38.5 Å². The molecule has 0 saturated carbocycles. The molecular formula is C8H15F5N2O. The number of hydrogen-bond acceptors (Lipinski definition) is 3. The lowest BCUT2D eigenvalue weighted by Gasteiger charge is -2.20. The summed E-state index contributed by atoms with van der Waals surface area (Å²) in [5, 5.41) is 0. The molecule has 0 amide bonds. The minimum Gasteiger partial charge on any atom is -0.371 e. The van der Waals surface area contributed by atoms with E-state index in [2.05, 4.69) is 4.74 Å². The van der Waals surface area contributed by atoms with Crippen LogP contribution in [0.25, 0.3) is 0 Å². The lowest BCUT2D eigenvalue weighted by Crippen LogP contribution is -2.36. The molecule has 0 radical (unpaired) electrons. The molecule has 0 aromatic rings. The van der Waals surface area contributed by atoms with Crippen molar-refractivity contribution >= 4 is 0 Å². The number of halogens is 5. The molecule has 0 heterocycles. The summed E-state index contributed by atoms with van der Waals surface area (Å²) in [6.07, 6.45) is -6.92. The molecule has 0 aliphatic carbocycles. The Morgan fingerprint density at radius 3 is 2.25 bits per heavy atom. The Morgan fingerprint density at radius 1 is 1.19 bits per heavy atom. The second kappa shape index (κ2) is 7.75. The molecule has 0 aromatic heterocycles. The molecule has 98 valence electrons. The second-order valence-corrected chi connectivity index (χ2v) is 3.15. The van der Waals surface area contributed by atoms with Gasteiger partial charge in [-0.15, -0.1) is 0 Å². The van der Waals surface area contributed by atoms with Crippen LogP contribution >= 0.6 is 0 Å². The largest absolute Gasteiger partial charge is 0.411 e. The van der Waals surface area contributed by atoms with Gasteiger partial charge in [-0.3, -0.25) is 4.90 Å². The normalized spacial score (nSPS) is 12.8. The third-order valence-corrected chi connectivity index (χ3v) is 1.66. The molecule has 0 saturated heterocycles. The summed E-state index contributed by atoms with van der Waals surface area (Å²) < 4.78 is 63.3. The number of nitrogens with zero attached hydrogens (tertiary/aromatic N) is 1. The summed E-state index contributed by atoms with van der Waals surface area (Å²) in [4.78, 5) is 1.26. The summed E-state index contributed by atoms with van der Waals surface area (Å²) in [6.45, 7) is -1.72. The van der Waals surface area contributed by atoms with Crippen molar-refractivity contribution < 1.29 is 26.7 Å². The first-order valence-electron chi connectivity index (χ1n) is 4.70. The fourth-order valence-corrected chi connectivity index (χ4v) is 1.05. The third-order valence-electron chi connectivity index (χ3n) is 1.66. The fourth-order valence-electron chi connectivity index (χ4n) is 1.05. The lowest BCUT2D eigenvalue weighted by atomic mass is 10.4. The van der Waals surface area contributed by atoms with E-state index in [0.29, 0.717) is 0 Å². The Labute approximate surface area is 90.3 Å². The molecule has 0 fully saturated rings. The molecule has 0 aliphatic heterocycles. The van der Waals surface area contributed by atoms with Crippen LogP contribution in [-0.4, -0.2) is 56.9 Å². The van der Waals surface area contributed by atoms with Gasteiger partial charge in [-0.2, -0.15) is 13.2 Å². The monoisotopic (exact) mass is 250 g/mol. The Bertz CT molecular complexity index is 176. The minimum absolute atomic E-state index is 0.0115. The van der Waals surface area contributed by atoms with Crippen LogP contribution in [0.15, 0.2) is 0 Å². The van der Waals surface area contributed by atoms with Gasteiger partial charge in [-0.1, -0.05) is 0 Å². The van der Waals surface area contributed by atoms with Gasteiger partial charge in [0, 0.05) is 19.6 Å². The first kappa shape index (κ1) is 15.5. The Hall–Kier alpha value is -0.470. The Kier molecular flexibility index (Phi) is 7.52. The van der Waals surface area contributed by atoms with Gasteiger partial charge in [0.25, 0.3) is 6.43 Å². The molecule has 8 heteroatoms. The summed E-state index contributed by atoms with van der Waals surface area (Å²) in [5.74, 6) is 0. The molecule has 0 spiro atoms. The van der Waals surface area contributed by atoms with Crippen LogP contribution in [0.2, 0.25) is 0 Å². The predicted molar refractivity (Wildman–Crippen MR) is 48.4 cm³/mol. The van der Waals surface area contributed by atoms with E-state index in [4.69, 9.17) is 5.73 Å². The van der Waals surface area contributed by atoms with Crippen LogP contribution in [0.4, 0.5) is 22.0 Å². The number of hydrogen-bond donors (Lipinski definition) is 1. The summed E-state index contributed by atoms with van der Waals surface area (Å²) in [5.41, 5.74) is 5.17. The van der Waals surface area contributed by atoms with Crippen molar-refractivity contribution in [2.75, 3.05) is 39.4 Å². The van der Waals surface area contributed by atoms with Crippen molar-refractivity contribution in [1.82, 2.24) is 4.90 Å². The van der Waals surface area contributed by atoms with Crippen molar-refractivity contribution in [3.8, 4) is 0 Å². The van der Waals surface area contributed by atoms with E-state index in [1.54, 1.807) is 0 Å². The van der Waals surface area contributed by atoms with Crippen LogP contribution in [0.3, 0.4) is 0 Å². The highest BCUT2D eigenvalue weighted by Crippen LogP contribution is 2.14. The van der Waals surface area contributed by atoms with E-state index in [1.165, 1.54) is 4.90 Å². The van der Waals surface area contributed by atoms with Crippen molar-refractivity contribution in [3.63, 3.8) is 0 Å². The van der Waals surface area contributed by atoms with Gasteiger partial charge < -0.3 is 10.5 Å². The highest BCUT2D eigenvalue weighted by Gasteiger charge is 2.27. The van der Waals surface area contributed by atoms with Crippen LogP contribution < -0.4 is 5.73 Å². The molecule has 0 bridgehead atoms. The van der Waals surface area contributed by atoms with Gasteiger partial charge in [0.05, 0.1) is 13.2 Å². The number of rotatable bonds is 8. The first-order chi connectivity index (χ1) is 7.35. The molecule has 0 unspecified atom stereocenters. The van der Waals surface area contributed by atoms with Gasteiger partial charge in [-0.05, 0) is 0 Å².